The quantitative estimate of drug-likeness (QED) is 0.729. The third kappa shape index (κ3) is 3.46. The van der Waals surface area contributed by atoms with Crippen LogP contribution < -0.4 is 5.32 Å². The van der Waals surface area contributed by atoms with E-state index in [-0.39, 0.29) is 5.24 Å². The highest BCUT2D eigenvalue weighted by atomic mass is 32.1. The van der Waals surface area contributed by atoms with Crippen LogP contribution in [-0.2, 0) is 6.42 Å². The van der Waals surface area contributed by atoms with Crippen molar-refractivity contribution in [3.05, 3.63) is 23.9 Å². The molecule has 0 radical (unpaired) electrons. The zero-order chi connectivity index (χ0) is 9.68. The third-order valence-electron chi connectivity index (χ3n) is 1.55. The number of anilines is 1. The number of aryl methyl sites for hydroxylation is 1. The normalized spacial score (nSPS) is 9.69. The lowest BCUT2D eigenvalue weighted by molar-refractivity contribution is 0.270. The lowest BCUT2D eigenvalue weighted by atomic mass is 10.2. The lowest BCUT2D eigenvalue weighted by Gasteiger charge is -2.02. The minimum atomic E-state index is -0.388. The van der Waals surface area contributed by atoms with E-state index in [9.17, 15) is 4.79 Å². The summed E-state index contributed by atoms with van der Waals surface area (Å²) >= 11 is 3.61. The smallest absolute Gasteiger partial charge is 0.281 e. The van der Waals surface area contributed by atoms with Crippen LogP contribution in [0, 0.1) is 0 Å². The van der Waals surface area contributed by atoms with E-state index in [1.807, 2.05) is 12.1 Å². The third-order valence-corrected chi connectivity index (χ3v) is 1.66. The molecule has 13 heavy (non-hydrogen) atoms. The van der Waals surface area contributed by atoms with Gasteiger partial charge in [0.15, 0.2) is 0 Å². The molecule has 1 aromatic rings. The SMILES string of the molecule is CCCc1cccc(NC(=O)S)n1. The summed E-state index contributed by atoms with van der Waals surface area (Å²) in [6.45, 7) is 2.09. The summed E-state index contributed by atoms with van der Waals surface area (Å²) in [6, 6.07) is 5.56. The second-order valence-corrected chi connectivity index (χ2v) is 3.10. The second kappa shape index (κ2) is 4.87. The molecule has 0 fully saturated rings. The van der Waals surface area contributed by atoms with Crippen molar-refractivity contribution in [2.24, 2.45) is 0 Å². The maximum atomic E-state index is 10.6. The van der Waals surface area contributed by atoms with Crippen molar-refractivity contribution in [2.45, 2.75) is 19.8 Å². The second-order valence-electron chi connectivity index (χ2n) is 2.69. The van der Waals surface area contributed by atoms with Gasteiger partial charge in [0.25, 0.3) is 5.24 Å². The fourth-order valence-corrected chi connectivity index (χ4v) is 1.17. The first-order valence-electron chi connectivity index (χ1n) is 4.18. The van der Waals surface area contributed by atoms with E-state index >= 15 is 0 Å². The Labute approximate surface area is 83.0 Å². The molecule has 1 amide bonds. The first-order valence-corrected chi connectivity index (χ1v) is 4.63. The molecule has 0 aliphatic rings. The van der Waals surface area contributed by atoms with Gasteiger partial charge in [-0.15, -0.1) is 0 Å². The van der Waals surface area contributed by atoms with Gasteiger partial charge < -0.3 is 5.32 Å². The molecule has 70 valence electrons. The van der Waals surface area contributed by atoms with Crippen LogP contribution in [0.1, 0.15) is 19.0 Å². The Hall–Kier alpha value is -1.03. The van der Waals surface area contributed by atoms with Crippen molar-refractivity contribution in [3.8, 4) is 0 Å². The molecular weight excluding hydrogens is 184 g/mol. The number of amides is 1. The molecule has 0 atom stereocenters. The average Bonchev–Trinajstić information content (AvgIpc) is 2.04. The van der Waals surface area contributed by atoms with Crippen LogP contribution in [0.5, 0.6) is 0 Å². The Morgan fingerprint density at radius 1 is 1.62 bits per heavy atom. The topological polar surface area (TPSA) is 42.0 Å². The van der Waals surface area contributed by atoms with E-state index in [1.54, 1.807) is 6.07 Å². The number of nitrogens with one attached hydrogen (secondary N) is 1. The van der Waals surface area contributed by atoms with Crippen molar-refractivity contribution in [1.82, 2.24) is 4.98 Å². The molecule has 0 spiro atoms. The summed E-state index contributed by atoms with van der Waals surface area (Å²) in [4.78, 5) is 14.8. The van der Waals surface area contributed by atoms with Crippen LogP contribution in [0.2, 0.25) is 0 Å². The number of thiol groups is 1. The fourth-order valence-electron chi connectivity index (χ4n) is 1.05. The van der Waals surface area contributed by atoms with E-state index in [0.717, 1.165) is 18.5 Å². The van der Waals surface area contributed by atoms with Gasteiger partial charge in [-0.25, -0.2) is 4.98 Å². The van der Waals surface area contributed by atoms with E-state index in [0.29, 0.717) is 5.82 Å². The number of hydrogen-bond donors (Lipinski definition) is 2. The largest absolute Gasteiger partial charge is 0.302 e. The Kier molecular flexibility index (Phi) is 3.76. The number of nitrogens with zero attached hydrogens (tertiary/aromatic N) is 1. The van der Waals surface area contributed by atoms with Crippen LogP contribution in [-0.4, -0.2) is 10.2 Å². The molecule has 0 aliphatic carbocycles. The standard InChI is InChI=1S/C9H12N2OS/c1-2-4-7-5-3-6-8(10-7)11-9(12)13/h3,5-6H,2,4H2,1H3,(H2,10,11,12,13). The lowest BCUT2D eigenvalue weighted by Crippen LogP contribution is -2.04. The molecule has 1 rings (SSSR count). The van der Waals surface area contributed by atoms with Gasteiger partial charge in [0.2, 0.25) is 0 Å². The fraction of sp³-hybridized carbons (Fsp3) is 0.333. The number of pyridine rings is 1. The highest BCUT2D eigenvalue weighted by Gasteiger charge is 1.98. The summed E-state index contributed by atoms with van der Waals surface area (Å²) in [5.74, 6) is 0.561. The zero-order valence-electron chi connectivity index (χ0n) is 7.45. The van der Waals surface area contributed by atoms with Gasteiger partial charge in [-0.2, -0.15) is 0 Å². The predicted molar refractivity (Wildman–Crippen MR) is 56.2 cm³/mol. The van der Waals surface area contributed by atoms with Crippen LogP contribution in [0.25, 0.3) is 0 Å². The van der Waals surface area contributed by atoms with Gasteiger partial charge in [0, 0.05) is 5.69 Å². The first kappa shape index (κ1) is 10.1. The summed E-state index contributed by atoms with van der Waals surface area (Å²) in [6.07, 6.45) is 1.97. The molecule has 1 N–H and O–H groups in total. The summed E-state index contributed by atoms with van der Waals surface area (Å²) in [5, 5.41) is 2.13. The average molecular weight is 196 g/mol. The number of hydrogen-bond acceptors (Lipinski definition) is 2. The Bertz CT molecular complexity index is 301. The number of aromatic nitrogens is 1. The maximum Gasteiger partial charge on any atom is 0.281 e. The van der Waals surface area contributed by atoms with Gasteiger partial charge in [0.05, 0.1) is 0 Å². The molecule has 0 aromatic carbocycles. The maximum absolute atomic E-state index is 10.6. The van der Waals surface area contributed by atoms with E-state index in [2.05, 4.69) is 29.9 Å². The van der Waals surface area contributed by atoms with E-state index in [1.165, 1.54) is 0 Å². The predicted octanol–water partition coefficient (Wildman–Crippen LogP) is 2.50. The molecule has 1 heterocycles. The number of rotatable bonds is 3. The Morgan fingerprint density at radius 2 is 2.38 bits per heavy atom. The van der Waals surface area contributed by atoms with Crippen molar-refractivity contribution < 1.29 is 4.79 Å². The summed E-state index contributed by atoms with van der Waals surface area (Å²) in [5.41, 5.74) is 0.988. The highest BCUT2D eigenvalue weighted by Crippen LogP contribution is 2.07. The monoisotopic (exact) mass is 196 g/mol. The van der Waals surface area contributed by atoms with Gasteiger partial charge >= 0.3 is 0 Å². The van der Waals surface area contributed by atoms with Crippen molar-refractivity contribution in [1.29, 1.82) is 0 Å². The first-order chi connectivity index (χ1) is 6.22. The molecular formula is C9H12N2OS. The molecule has 3 nitrogen and oxygen atoms in total. The molecule has 4 heteroatoms. The Morgan fingerprint density at radius 3 is 3.00 bits per heavy atom. The Balaban J connectivity index is 2.73. The zero-order valence-corrected chi connectivity index (χ0v) is 8.34. The van der Waals surface area contributed by atoms with Gasteiger partial charge in [-0.3, -0.25) is 4.79 Å². The summed E-state index contributed by atoms with van der Waals surface area (Å²) < 4.78 is 0. The highest BCUT2D eigenvalue weighted by molar-refractivity contribution is 7.96. The van der Waals surface area contributed by atoms with E-state index in [4.69, 9.17) is 0 Å². The molecule has 0 unspecified atom stereocenters. The molecule has 0 bridgehead atoms. The van der Waals surface area contributed by atoms with Gasteiger partial charge in [-0.1, -0.05) is 32.0 Å². The molecule has 0 saturated heterocycles. The van der Waals surface area contributed by atoms with Gasteiger partial charge in [-0.05, 0) is 18.6 Å². The van der Waals surface area contributed by atoms with Crippen LogP contribution in [0.4, 0.5) is 10.6 Å². The molecule has 1 aromatic heterocycles. The van der Waals surface area contributed by atoms with Crippen LogP contribution in [0.15, 0.2) is 18.2 Å². The number of carbonyl (C=O) groups excluding carboxylic acids is 1. The van der Waals surface area contributed by atoms with Crippen molar-refractivity contribution >= 4 is 23.7 Å². The molecule has 0 aliphatic heterocycles. The minimum Gasteiger partial charge on any atom is -0.302 e. The molecule has 0 saturated carbocycles. The minimum absolute atomic E-state index is 0.388. The summed E-state index contributed by atoms with van der Waals surface area (Å²) in [7, 11) is 0. The van der Waals surface area contributed by atoms with Gasteiger partial charge in [0.1, 0.15) is 5.82 Å². The van der Waals surface area contributed by atoms with Crippen molar-refractivity contribution in [2.75, 3.05) is 5.32 Å². The van der Waals surface area contributed by atoms with E-state index < -0.39 is 0 Å². The van der Waals surface area contributed by atoms with Crippen LogP contribution in [0.3, 0.4) is 0 Å². The number of carbonyl (C=O) groups is 1. The van der Waals surface area contributed by atoms with Crippen molar-refractivity contribution in [3.63, 3.8) is 0 Å². The van der Waals surface area contributed by atoms with Crippen LogP contribution >= 0.6 is 12.6 Å².